The first-order valence-electron chi connectivity index (χ1n) is 5.92. The van der Waals surface area contributed by atoms with Crippen molar-refractivity contribution in [2.45, 2.75) is 24.3 Å². The van der Waals surface area contributed by atoms with Gasteiger partial charge >= 0.3 is 0 Å². The molecule has 2 rings (SSSR count). The second-order valence-electron chi connectivity index (χ2n) is 4.34. The van der Waals surface area contributed by atoms with Crippen molar-refractivity contribution in [2.75, 3.05) is 0 Å². The molecular formula is C13H13F2N3OS. The number of Topliss-reactive ketones (excluding diaryl/α,β-unsaturated/α-hetero) is 1. The summed E-state index contributed by atoms with van der Waals surface area (Å²) >= 11 is 1.23. The Morgan fingerprint density at radius 3 is 2.55 bits per heavy atom. The van der Waals surface area contributed by atoms with Gasteiger partial charge in [-0.05, 0) is 32.0 Å². The van der Waals surface area contributed by atoms with Gasteiger partial charge in [-0.2, -0.15) is 0 Å². The number of carbonyl (C=O) groups is 1. The minimum absolute atomic E-state index is 0.141. The summed E-state index contributed by atoms with van der Waals surface area (Å²) < 4.78 is 27.8. The van der Waals surface area contributed by atoms with Crippen LogP contribution in [0.1, 0.15) is 23.1 Å². The fourth-order valence-electron chi connectivity index (χ4n) is 1.59. The Kier molecular flexibility index (Phi) is 4.17. The van der Waals surface area contributed by atoms with E-state index in [0.29, 0.717) is 5.16 Å². The van der Waals surface area contributed by atoms with Crippen molar-refractivity contribution < 1.29 is 13.6 Å². The molecule has 20 heavy (non-hydrogen) atoms. The van der Waals surface area contributed by atoms with Gasteiger partial charge in [-0.3, -0.25) is 4.79 Å². The molecule has 0 aliphatic rings. The SMILES string of the molecule is Cc1nnc(S[C@H](C)C(=O)c2ccc(F)c(F)c2)n1C. The van der Waals surface area contributed by atoms with Crippen molar-refractivity contribution in [1.29, 1.82) is 0 Å². The second kappa shape index (κ2) is 5.70. The maximum absolute atomic E-state index is 13.1. The Hall–Kier alpha value is -1.76. The van der Waals surface area contributed by atoms with Gasteiger partial charge in [-0.15, -0.1) is 10.2 Å². The van der Waals surface area contributed by atoms with E-state index in [0.717, 1.165) is 18.0 Å². The molecule has 0 amide bonds. The van der Waals surface area contributed by atoms with E-state index in [1.54, 1.807) is 25.5 Å². The summed E-state index contributed by atoms with van der Waals surface area (Å²) in [5.74, 6) is -1.54. The maximum Gasteiger partial charge on any atom is 0.191 e. The van der Waals surface area contributed by atoms with Gasteiger partial charge in [0.05, 0.1) is 5.25 Å². The third kappa shape index (κ3) is 2.87. The van der Waals surface area contributed by atoms with Gasteiger partial charge in [0, 0.05) is 12.6 Å². The van der Waals surface area contributed by atoms with Crippen LogP contribution in [0.4, 0.5) is 8.78 Å². The van der Waals surface area contributed by atoms with Crippen LogP contribution in [0.25, 0.3) is 0 Å². The molecule has 0 saturated heterocycles. The fraction of sp³-hybridized carbons (Fsp3) is 0.308. The molecule has 4 nitrogen and oxygen atoms in total. The maximum atomic E-state index is 13.1. The van der Waals surface area contributed by atoms with E-state index in [9.17, 15) is 13.6 Å². The standard InChI is InChI=1S/C13H13F2N3OS/c1-7(20-13-17-16-8(2)18(13)3)12(19)9-4-5-10(14)11(15)6-9/h4-7H,1-3H3/t7-/m1/s1. The Balaban J connectivity index is 2.16. The summed E-state index contributed by atoms with van der Waals surface area (Å²) in [6.07, 6.45) is 0. The molecule has 0 bridgehead atoms. The molecule has 0 spiro atoms. The predicted molar refractivity (Wildman–Crippen MR) is 71.7 cm³/mol. The molecule has 0 radical (unpaired) electrons. The van der Waals surface area contributed by atoms with Gasteiger partial charge in [-0.1, -0.05) is 11.8 Å². The van der Waals surface area contributed by atoms with Gasteiger partial charge in [-0.25, -0.2) is 8.78 Å². The van der Waals surface area contributed by atoms with Crippen LogP contribution in [0.3, 0.4) is 0 Å². The van der Waals surface area contributed by atoms with Gasteiger partial charge in [0.25, 0.3) is 0 Å². The topological polar surface area (TPSA) is 47.8 Å². The molecule has 0 fully saturated rings. The zero-order valence-electron chi connectivity index (χ0n) is 11.2. The van der Waals surface area contributed by atoms with Crippen LogP contribution in [0.15, 0.2) is 23.4 Å². The Bertz CT molecular complexity index is 657. The molecule has 1 heterocycles. The lowest BCUT2D eigenvalue weighted by molar-refractivity contribution is 0.0993. The van der Waals surface area contributed by atoms with Crippen LogP contribution in [0.2, 0.25) is 0 Å². The molecule has 106 valence electrons. The Morgan fingerprint density at radius 2 is 2.00 bits per heavy atom. The summed E-state index contributed by atoms with van der Waals surface area (Å²) in [7, 11) is 1.80. The smallest absolute Gasteiger partial charge is 0.191 e. The van der Waals surface area contributed by atoms with Gasteiger partial charge < -0.3 is 4.57 Å². The quantitative estimate of drug-likeness (QED) is 0.643. The molecule has 1 atom stereocenters. The molecule has 2 aromatic rings. The van der Waals surface area contributed by atoms with Crippen LogP contribution in [0, 0.1) is 18.6 Å². The molecule has 1 aromatic heterocycles. The minimum Gasteiger partial charge on any atom is -0.309 e. The number of rotatable bonds is 4. The number of aromatic nitrogens is 3. The molecule has 0 aliphatic heterocycles. The highest BCUT2D eigenvalue weighted by Gasteiger charge is 2.20. The van der Waals surface area contributed by atoms with Crippen molar-refractivity contribution in [3.8, 4) is 0 Å². The number of ketones is 1. The van der Waals surface area contributed by atoms with Gasteiger partial charge in [0.1, 0.15) is 5.82 Å². The van der Waals surface area contributed by atoms with Crippen molar-refractivity contribution in [3.63, 3.8) is 0 Å². The van der Waals surface area contributed by atoms with Gasteiger partial charge in [0.2, 0.25) is 0 Å². The van der Waals surface area contributed by atoms with Crippen LogP contribution in [-0.2, 0) is 7.05 Å². The first-order chi connectivity index (χ1) is 9.40. The first kappa shape index (κ1) is 14.6. The summed E-state index contributed by atoms with van der Waals surface area (Å²) in [5.41, 5.74) is 0.141. The molecule has 0 saturated carbocycles. The number of benzene rings is 1. The lowest BCUT2D eigenvalue weighted by Crippen LogP contribution is -2.15. The van der Waals surface area contributed by atoms with E-state index in [2.05, 4.69) is 10.2 Å². The third-order valence-corrected chi connectivity index (χ3v) is 4.04. The zero-order chi connectivity index (χ0) is 14.9. The van der Waals surface area contributed by atoms with E-state index >= 15 is 0 Å². The molecule has 7 heteroatoms. The van der Waals surface area contributed by atoms with Crippen LogP contribution in [-0.4, -0.2) is 25.8 Å². The highest BCUT2D eigenvalue weighted by atomic mass is 32.2. The van der Waals surface area contributed by atoms with Crippen molar-refractivity contribution in [2.24, 2.45) is 7.05 Å². The number of hydrogen-bond acceptors (Lipinski definition) is 4. The number of aryl methyl sites for hydroxylation is 1. The number of nitrogens with zero attached hydrogens (tertiary/aromatic N) is 3. The average molecular weight is 297 g/mol. The molecule has 1 aromatic carbocycles. The predicted octanol–water partition coefficient (Wildman–Crippen LogP) is 2.77. The number of thioether (sulfide) groups is 1. The molecular weight excluding hydrogens is 284 g/mol. The summed E-state index contributed by atoms with van der Waals surface area (Å²) in [5, 5.41) is 7.98. The van der Waals surface area contributed by atoms with E-state index < -0.39 is 16.9 Å². The summed E-state index contributed by atoms with van der Waals surface area (Å²) in [4.78, 5) is 12.2. The highest BCUT2D eigenvalue weighted by Crippen LogP contribution is 2.24. The number of carbonyl (C=O) groups excluding carboxylic acids is 1. The third-order valence-electron chi connectivity index (χ3n) is 2.91. The fourth-order valence-corrected chi connectivity index (χ4v) is 2.52. The van der Waals surface area contributed by atoms with Crippen molar-refractivity contribution in [1.82, 2.24) is 14.8 Å². The minimum atomic E-state index is -1.03. The Labute approximate surface area is 119 Å². The van der Waals surface area contributed by atoms with Crippen molar-refractivity contribution >= 4 is 17.5 Å². The van der Waals surface area contributed by atoms with Crippen LogP contribution in [0.5, 0.6) is 0 Å². The zero-order valence-corrected chi connectivity index (χ0v) is 12.0. The van der Waals surface area contributed by atoms with Crippen LogP contribution >= 0.6 is 11.8 Å². The normalized spacial score (nSPS) is 12.4. The van der Waals surface area contributed by atoms with Crippen LogP contribution < -0.4 is 0 Å². The average Bonchev–Trinajstić information content (AvgIpc) is 2.73. The van der Waals surface area contributed by atoms with E-state index in [-0.39, 0.29) is 11.3 Å². The lowest BCUT2D eigenvalue weighted by atomic mass is 10.1. The van der Waals surface area contributed by atoms with Crippen molar-refractivity contribution in [3.05, 3.63) is 41.2 Å². The van der Waals surface area contributed by atoms with E-state index in [4.69, 9.17) is 0 Å². The van der Waals surface area contributed by atoms with E-state index in [1.807, 2.05) is 0 Å². The molecule has 0 aliphatic carbocycles. The number of hydrogen-bond donors (Lipinski definition) is 0. The highest BCUT2D eigenvalue weighted by molar-refractivity contribution is 8.00. The summed E-state index contributed by atoms with van der Waals surface area (Å²) in [6.45, 7) is 3.50. The van der Waals surface area contributed by atoms with E-state index in [1.165, 1.54) is 17.8 Å². The lowest BCUT2D eigenvalue weighted by Gasteiger charge is -2.10. The van der Waals surface area contributed by atoms with Gasteiger partial charge in [0.15, 0.2) is 22.6 Å². The summed E-state index contributed by atoms with van der Waals surface area (Å²) in [6, 6.07) is 3.14. The molecule has 0 unspecified atom stereocenters. The largest absolute Gasteiger partial charge is 0.309 e. The molecule has 0 N–H and O–H groups in total. The first-order valence-corrected chi connectivity index (χ1v) is 6.80. The second-order valence-corrected chi connectivity index (χ2v) is 5.65. The number of halogens is 2. The Morgan fingerprint density at radius 1 is 1.30 bits per heavy atom. The monoisotopic (exact) mass is 297 g/mol.